The number of hydrogen-bond donors (Lipinski definition) is 0. The highest BCUT2D eigenvalue weighted by atomic mass is 16.6. The lowest BCUT2D eigenvalue weighted by molar-refractivity contribution is -0.144. The minimum Gasteiger partial charge on any atom is -0.464 e. The molecule has 0 heterocycles. The molecule has 0 saturated heterocycles. The SMILES string of the molecule is CCCCCCCCCCCCCCCCCOC(=O)CN(CC)C(=O)OCC. The minimum atomic E-state index is -0.459. The van der Waals surface area contributed by atoms with E-state index in [0.29, 0.717) is 19.8 Å². The Balaban J connectivity index is 3.36. The maximum Gasteiger partial charge on any atom is 0.410 e. The van der Waals surface area contributed by atoms with Crippen LogP contribution in [0.5, 0.6) is 0 Å². The summed E-state index contributed by atoms with van der Waals surface area (Å²) in [7, 11) is 0. The summed E-state index contributed by atoms with van der Waals surface area (Å²) in [5.41, 5.74) is 0. The third kappa shape index (κ3) is 18.5. The molecule has 0 aromatic carbocycles. The van der Waals surface area contributed by atoms with Crippen LogP contribution in [0.25, 0.3) is 0 Å². The lowest BCUT2D eigenvalue weighted by Gasteiger charge is -2.18. The Hall–Kier alpha value is -1.26. The van der Waals surface area contributed by atoms with Crippen LogP contribution in [0.15, 0.2) is 0 Å². The fourth-order valence-electron chi connectivity index (χ4n) is 3.38. The van der Waals surface area contributed by atoms with E-state index in [1.807, 2.05) is 6.92 Å². The van der Waals surface area contributed by atoms with E-state index in [4.69, 9.17) is 9.47 Å². The number of hydrogen-bond acceptors (Lipinski definition) is 4. The summed E-state index contributed by atoms with van der Waals surface area (Å²) in [6, 6.07) is 0. The molecule has 172 valence electrons. The van der Waals surface area contributed by atoms with Crippen molar-refractivity contribution in [1.82, 2.24) is 4.90 Å². The first-order chi connectivity index (χ1) is 14.2. The summed E-state index contributed by atoms with van der Waals surface area (Å²) in [4.78, 5) is 24.8. The Kier molecular flexibility index (Phi) is 20.5. The zero-order valence-corrected chi connectivity index (χ0v) is 19.5. The molecule has 29 heavy (non-hydrogen) atoms. The number of amides is 1. The van der Waals surface area contributed by atoms with Gasteiger partial charge in [-0.3, -0.25) is 9.69 Å². The van der Waals surface area contributed by atoms with Crippen LogP contribution in [0.4, 0.5) is 4.79 Å². The molecule has 0 aromatic rings. The molecule has 0 unspecified atom stereocenters. The van der Waals surface area contributed by atoms with Crippen LogP contribution in [-0.4, -0.2) is 43.3 Å². The molecule has 0 radical (unpaired) electrons. The van der Waals surface area contributed by atoms with Gasteiger partial charge in [0.15, 0.2) is 0 Å². The molecule has 0 spiro atoms. The lowest BCUT2D eigenvalue weighted by Crippen LogP contribution is -2.36. The molecule has 0 aliphatic carbocycles. The monoisotopic (exact) mass is 413 g/mol. The van der Waals surface area contributed by atoms with Gasteiger partial charge >= 0.3 is 12.1 Å². The molecule has 0 aliphatic heterocycles. The van der Waals surface area contributed by atoms with Crippen molar-refractivity contribution in [2.45, 2.75) is 117 Å². The summed E-state index contributed by atoms with van der Waals surface area (Å²) in [6.07, 6.45) is 19.3. The molecule has 0 bridgehead atoms. The normalized spacial score (nSPS) is 10.7. The minimum absolute atomic E-state index is 0.0337. The Morgan fingerprint density at radius 1 is 0.621 bits per heavy atom. The Morgan fingerprint density at radius 2 is 1.07 bits per heavy atom. The number of esters is 1. The molecule has 5 heteroatoms. The van der Waals surface area contributed by atoms with Crippen LogP contribution in [0.1, 0.15) is 117 Å². The smallest absolute Gasteiger partial charge is 0.410 e. The molecular weight excluding hydrogens is 366 g/mol. The first-order valence-corrected chi connectivity index (χ1v) is 12.2. The fraction of sp³-hybridized carbons (Fsp3) is 0.917. The number of unbranched alkanes of at least 4 members (excludes halogenated alkanes) is 14. The standard InChI is InChI=1S/C24H47NO4/c1-4-7-8-9-10-11-12-13-14-15-16-17-18-19-20-21-29-23(26)22-25(5-2)24(27)28-6-3/h4-22H2,1-3H3. The highest BCUT2D eigenvalue weighted by Gasteiger charge is 2.16. The van der Waals surface area contributed by atoms with Crippen LogP contribution in [0, 0.1) is 0 Å². The fourth-order valence-corrected chi connectivity index (χ4v) is 3.38. The molecule has 5 nitrogen and oxygen atoms in total. The third-order valence-electron chi connectivity index (χ3n) is 5.24. The van der Waals surface area contributed by atoms with E-state index in [0.717, 1.165) is 12.8 Å². The molecule has 0 N–H and O–H groups in total. The van der Waals surface area contributed by atoms with Gasteiger partial charge in [-0.05, 0) is 20.3 Å². The predicted octanol–water partition coefficient (Wildman–Crippen LogP) is 6.88. The average molecular weight is 414 g/mol. The molecular formula is C24H47NO4. The van der Waals surface area contributed by atoms with E-state index in [2.05, 4.69) is 6.92 Å². The zero-order chi connectivity index (χ0) is 21.6. The second-order valence-corrected chi connectivity index (χ2v) is 7.88. The van der Waals surface area contributed by atoms with Crippen molar-refractivity contribution in [2.75, 3.05) is 26.3 Å². The van der Waals surface area contributed by atoms with Crippen molar-refractivity contribution in [3.63, 3.8) is 0 Å². The number of rotatable bonds is 20. The van der Waals surface area contributed by atoms with Gasteiger partial charge in [0, 0.05) is 6.54 Å². The topological polar surface area (TPSA) is 55.8 Å². The maximum atomic E-state index is 11.8. The summed E-state index contributed by atoms with van der Waals surface area (Å²) < 4.78 is 10.1. The van der Waals surface area contributed by atoms with Gasteiger partial charge in [0.25, 0.3) is 0 Å². The molecule has 1 amide bonds. The first-order valence-electron chi connectivity index (χ1n) is 12.2. The van der Waals surface area contributed by atoms with Crippen LogP contribution in [0.3, 0.4) is 0 Å². The van der Waals surface area contributed by atoms with Crippen molar-refractivity contribution >= 4 is 12.1 Å². The molecule has 0 fully saturated rings. The van der Waals surface area contributed by atoms with E-state index in [1.54, 1.807) is 6.92 Å². The zero-order valence-electron chi connectivity index (χ0n) is 19.5. The quantitative estimate of drug-likeness (QED) is 0.161. The number of ether oxygens (including phenoxy) is 2. The van der Waals surface area contributed by atoms with Gasteiger partial charge in [-0.15, -0.1) is 0 Å². The summed E-state index contributed by atoms with van der Waals surface area (Å²) in [5.74, 6) is -0.356. The van der Waals surface area contributed by atoms with Crippen molar-refractivity contribution in [2.24, 2.45) is 0 Å². The van der Waals surface area contributed by atoms with Gasteiger partial charge in [-0.1, -0.05) is 96.8 Å². The van der Waals surface area contributed by atoms with E-state index in [9.17, 15) is 9.59 Å². The molecule has 0 aromatic heterocycles. The first kappa shape index (κ1) is 27.7. The Morgan fingerprint density at radius 3 is 1.48 bits per heavy atom. The van der Waals surface area contributed by atoms with Crippen LogP contribution >= 0.6 is 0 Å². The van der Waals surface area contributed by atoms with Gasteiger partial charge in [0.1, 0.15) is 6.54 Å². The van der Waals surface area contributed by atoms with Crippen LogP contribution < -0.4 is 0 Å². The summed E-state index contributed by atoms with van der Waals surface area (Å²) in [5, 5.41) is 0. The van der Waals surface area contributed by atoms with E-state index in [1.165, 1.54) is 88.4 Å². The van der Waals surface area contributed by atoms with Crippen LogP contribution in [-0.2, 0) is 14.3 Å². The predicted molar refractivity (Wildman–Crippen MR) is 120 cm³/mol. The van der Waals surface area contributed by atoms with Gasteiger partial charge in [-0.25, -0.2) is 4.79 Å². The number of carbonyl (C=O) groups is 2. The van der Waals surface area contributed by atoms with Gasteiger partial charge in [0.2, 0.25) is 0 Å². The van der Waals surface area contributed by atoms with E-state index in [-0.39, 0.29) is 12.5 Å². The lowest BCUT2D eigenvalue weighted by atomic mass is 10.0. The van der Waals surface area contributed by atoms with Crippen LogP contribution in [0.2, 0.25) is 0 Å². The number of carbonyl (C=O) groups excluding carboxylic acids is 2. The van der Waals surface area contributed by atoms with E-state index < -0.39 is 6.09 Å². The number of nitrogens with zero attached hydrogens (tertiary/aromatic N) is 1. The van der Waals surface area contributed by atoms with Gasteiger partial charge < -0.3 is 9.47 Å². The summed E-state index contributed by atoms with van der Waals surface area (Å²) in [6.45, 7) is 6.99. The van der Waals surface area contributed by atoms with E-state index >= 15 is 0 Å². The highest BCUT2D eigenvalue weighted by molar-refractivity contribution is 5.78. The second kappa shape index (κ2) is 21.4. The maximum absolute atomic E-state index is 11.8. The highest BCUT2D eigenvalue weighted by Crippen LogP contribution is 2.13. The van der Waals surface area contributed by atoms with Crippen molar-refractivity contribution in [3.8, 4) is 0 Å². The van der Waals surface area contributed by atoms with Crippen molar-refractivity contribution in [1.29, 1.82) is 0 Å². The van der Waals surface area contributed by atoms with Crippen molar-refractivity contribution < 1.29 is 19.1 Å². The molecule has 0 aliphatic rings. The Labute approximate surface area is 179 Å². The number of likely N-dealkylation sites (N-methyl/N-ethyl adjacent to an activating group) is 1. The Bertz CT molecular complexity index is 387. The molecule has 0 atom stereocenters. The second-order valence-electron chi connectivity index (χ2n) is 7.88. The largest absolute Gasteiger partial charge is 0.464 e. The molecule has 0 rings (SSSR count). The van der Waals surface area contributed by atoms with Gasteiger partial charge in [0.05, 0.1) is 13.2 Å². The third-order valence-corrected chi connectivity index (χ3v) is 5.24. The van der Waals surface area contributed by atoms with Crippen molar-refractivity contribution in [3.05, 3.63) is 0 Å². The molecule has 0 saturated carbocycles. The summed E-state index contributed by atoms with van der Waals surface area (Å²) >= 11 is 0. The average Bonchev–Trinajstić information content (AvgIpc) is 2.71. The van der Waals surface area contributed by atoms with Gasteiger partial charge in [-0.2, -0.15) is 0 Å².